The van der Waals surface area contributed by atoms with E-state index in [0.29, 0.717) is 0 Å². The minimum absolute atomic E-state index is 0.214. The summed E-state index contributed by atoms with van der Waals surface area (Å²) >= 11 is 1.50. The molecule has 28 heavy (non-hydrogen) atoms. The predicted octanol–water partition coefficient (Wildman–Crippen LogP) is 4.48. The summed E-state index contributed by atoms with van der Waals surface area (Å²) < 4.78 is 10.9. The van der Waals surface area contributed by atoms with Gasteiger partial charge in [-0.1, -0.05) is 24.3 Å². The summed E-state index contributed by atoms with van der Waals surface area (Å²) in [5.41, 5.74) is 3.82. The zero-order valence-corrected chi connectivity index (χ0v) is 17.4. The maximum atomic E-state index is 12.3. The van der Waals surface area contributed by atoms with Crippen LogP contribution in [0.4, 0.5) is 5.69 Å². The molecule has 0 bridgehead atoms. The van der Waals surface area contributed by atoms with Gasteiger partial charge < -0.3 is 14.4 Å². The number of anilines is 1. The first-order valence-electron chi connectivity index (χ1n) is 8.99. The van der Waals surface area contributed by atoms with Gasteiger partial charge in [-0.15, -0.1) is 11.3 Å². The Morgan fingerprint density at radius 2 is 1.93 bits per heavy atom. The van der Waals surface area contributed by atoms with Crippen molar-refractivity contribution in [3.8, 4) is 16.3 Å². The first kappa shape index (κ1) is 19.9. The number of ether oxygens (including phenoxy) is 2. The highest BCUT2D eigenvalue weighted by molar-refractivity contribution is 7.15. The molecule has 0 amide bonds. The van der Waals surface area contributed by atoms with Crippen LogP contribution in [-0.4, -0.2) is 32.2 Å². The van der Waals surface area contributed by atoms with E-state index in [-0.39, 0.29) is 19.0 Å². The third kappa shape index (κ3) is 4.70. The first-order chi connectivity index (χ1) is 13.5. The molecule has 0 unspecified atom stereocenters. The van der Waals surface area contributed by atoms with Gasteiger partial charge in [0.1, 0.15) is 17.4 Å². The standard InChI is InChI=1S/C22H24N2O3S/c1-15-20(28-22(23-15)18-10-5-6-11-19(18)26-4)13-21(25)27-14-16-8-7-9-17(12-16)24(2)3/h5-12H,13-14H2,1-4H3. The second kappa shape index (κ2) is 8.89. The van der Waals surface area contributed by atoms with Crippen molar-refractivity contribution in [1.82, 2.24) is 4.98 Å². The van der Waals surface area contributed by atoms with Crippen molar-refractivity contribution in [2.24, 2.45) is 0 Å². The highest BCUT2D eigenvalue weighted by atomic mass is 32.1. The van der Waals surface area contributed by atoms with Gasteiger partial charge >= 0.3 is 5.97 Å². The normalized spacial score (nSPS) is 10.6. The summed E-state index contributed by atoms with van der Waals surface area (Å²) in [6.07, 6.45) is 0.214. The molecule has 5 nitrogen and oxygen atoms in total. The smallest absolute Gasteiger partial charge is 0.311 e. The molecular formula is C22H24N2O3S. The number of carbonyl (C=O) groups is 1. The third-order valence-electron chi connectivity index (χ3n) is 4.36. The summed E-state index contributed by atoms with van der Waals surface area (Å²) in [6, 6.07) is 15.7. The molecule has 0 N–H and O–H groups in total. The van der Waals surface area contributed by atoms with Crippen LogP contribution in [0, 0.1) is 6.92 Å². The van der Waals surface area contributed by atoms with Crippen LogP contribution in [0.3, 0.4) is 0 Å². The lowest BCUT2D eigenvalue weighted by Gasteiger charge is -2.13. The van der Waals surface area contributed by atoms with E-state index in [9.17, 15) is 4.79 Å². The molecule has 2 aromatic carbocycles. The Hall–Kier alpha value is -2.86. The Morgan fingerprint density at radius 1 is 1.14 bits per heavy atom. The molecule has 3 aromatic rings. The van der Waals surface area contributed by atoms with Crippen LogP contribution < -0.4 is 9.64 Å². The van der Waals surface area contributed by atoms with Crippen LogP contribution in [0.1, 0.15) is 16.1 Å². The number of thiazole rings is 1. The third-order valence-corrected chi connectivity index (χ3v) is 5.55. The quantitative estimate of drug-likeness (QED) is 0.551. The van der Waals surface area contributed by atoms with E-state index in [2.05, 4.69) is 4.98 Å². The van der Waals surface area contributed by atoms with E-state index in [4.69, 9.17) is 9.47 Å². The Labute approximate surface area is 169 Å². The van der Waals surface area contributed by atoms with Crippen LogP contribution in [0.15, 0.2) is 48.5 Å². The second-order valence-electron chi connectivity index (χ2n) is 6.63. The summed E-state index contributed by atoms with van der Waals surface area (Å²) in [7, 11) is 5.61. The lowest BCUT2D eigenvalue weighted by atomic mass is 10.2. The van der Waals surface area contributed by atoms with Crippen LogP contribution in [0.2, 0.25) is 0 Å². The number of esters is 1. The number of benzene rings is 2. The van der Waals surface area contributed by atoms with E-state index in [0.717, 1.165) is 38.1 Å². The summed E-state index contributed by atoms with van der Waals surface area (Å²) in [5.74, 6) is 0.514. The van der Waals surface area contributed by atoms with Crippen LogP contribution in [0.5, 0.6) is 5.75 Å². The molecule has 0 aliphatic heterocycles. The minimum Gasteiger partial charge on any atom is -0.496 e. The van der Waals surface area contributed by atoms with Gasteiger partial charge in [0.15, 0.2) is 0 Å². The molecule has 6 heteroatoms. The van der Waals surface area contributed by atoms with Gasteiger partial charge in [-0.05, 0) is 36.8 Å². The number of carbonyl (C=O) groups excluding carboxylic acids is 1. The predicted molar refractivity (Wildman–Crippen MR) is 113 cm³/mol. The van der Waals surface area contributed by atoms with Crippen molar-refractivity contribution in [3.05, 3.63) is 64.7 Å². The topological polar surface area (TPSA) is 51.7 Å². The summed E-state index contributed by atoms with van der Waals surface area (Å²) in [5, 5.41) is 0.844. The number of rotatable bonds is 7. The SMILES string of the molecule is COc1ccccc1-c1nc(C)c(CC(=O)OCc2cccc(N(C)C)c2)s1. The van der Waals surface area contributed by atoms with Gasteiger partial charge in [0.25, 0.3) is 0 Å². The fourth-order valence-electron chi connectivity index (χ4n) is 2.80. The van der Waals surface area contributed by atoms with Crippen LogP contribution in [-0.2, 0) is 22.6 Å². The fourth-order valence-corrected chi connectivity index (χ4v) is 3.88. The highest BCUT2D eigenvalue weighted by Gasteiger charge is 2.16. The molecule has 0 saturated carbocycles. The van der Waals surface area contributed by atoms with Gasteiger partial charge in [-0.3, -0.25) is 4.79 Å². The average Bonchev–Trinajstić information content (AvgIpc) is 3.06. The van der Waals surface area contributed by atoms with Gasteiger partial charge in [0.05, 0.1) is 24.8 Å². The minimum atomic E-state index is -0.256. The van der Waals surface area contributed by atoms with E-state index in [1.807, 2.05) is 74.4 Å². The second-order valence-corrected chi connectivity index (χ2v) is 7.71. The zero-order chi connectivity index (χ0) is 20.1. The van der Waals surface area contributed by atoms with Gasteiger partial charge in [0, 0.05) is 24.7 Å². The maximum absolute atomic E-state index is 12.3. The van der Waals surface area contributed by atoms with E-state index >= 15 is 0 Å². The molecule has 0 saturated heterocycles. The number of aromatic nitrogens is 1. The van der Waals surface area contributed by atoms with Crippen molar-refractivity contribution in [3.63, 3.8) is 0 Å². The molecule has 0 fully saturated rings. The number of aryl methyl sites for hydroxylation is 1. The fraction of sp³-hybridized carbons (Fsp3) is 0.273. The van der Waals surface area contributed by atoms with Crippen molar-refractivity contribution in [1.29, 1.82) is 0 Å². The van der Waals surface area contributed by atoms with Gasteiger partial charge in [-0.2, -0.15) is 0 Å². The highest BCUT2D eigenvalue weighted by Crippen LogP contribution is 2.34. The largest absolute Gasteiger partial charge is 0.496 e. The number of hydrogen-bond donors (Lipinski definition) is 0. The number of methoxy groups -OCH3 is 1. The first-order valence-corrected chi connectivity index (χ1v) is 9.81. The monoisotopic (exact) mass is 396 g/mol. The molecule has 3 rings (SSSR count). The van der Waals surface area contributed by atoms with Crippen molar-refractivity contribution in [2.75, 3.05) is 26.1 Å². The zero-order valence-electron chi connectivity index (χ0n) is 16.6. The van der Waals surface area contributed by atoms with E-state index < -0.39 is 0 Å². The van der Waals surface area contributed by atoms with E-state index in [1.54, 1.807) is 7.11 Å². The Bertz CT molecular complexity index is 966. The molecular weight excluding hydrogens is 372 g/mol. The number of para-hydroxylation sites is 1. The Morgan fingerprint density at radius 3 is 2.68 bits per heavy atom. The van der Waals surface area contributed by atoms with Crippen LogP contribution in [0.25, 0.3) is 10.6 Å². The van der Waals surface area contributed by atoms with Crippen molar-refractivity contribution >= 4 is 23.0 Å². The maximum Gasteiger partial charge on any atom is 0.311 e. The summed E-state index contributed by atoms with van der Waals surface area (Å²) in [4.78, 5) is 19.9. The Balaban J connectivity index is 1.66. The molecule has 0 radical (unpaired) electrons. The average molecular weight is 397 g/mol. The molecule has 1 aromatic heterocycles. The van der Waals surface area contributed by atoms with Crippen LogP contribution >= 0.6 is 11.3 Å². The molecule has 1 heterocycles. The van der Waals surface area contributed by atoms with Crippen molar-refractivity contribution in [2.45, 2.75) is 20.0 Å². The van der Waals surface area contributed by atoms with Gasteiger partial charge in [0.2, 0.25) is 0 Å². The Kier molecular flexibility index (Phi) is 6.31. The molecule has 0 spiro atoms. The van der Waals surface area contributed by atoms with Crippen molar-refractivity contribution < 1.29 is 14.3 Å². The van der Waals surface area contributed by atoms with Gasteiger partial charge in [-0.25, -0.2) is 4.98 Å². The number of nitrogens with zero attached hydrogens (tertiary/aromatic N) is 2. The molecule has 146 valence electrons. The lowest BCUT2D eigenvalue weighted by Crippen LogP contribution is -2.10. The number of hydrogen-bond acceptors (Lipinski definition) is 6. The van der Waals surface area contributed by atoms with E-state index in [1.165, 1.54) is 11.3 Å². The molecule has 0 atom stereocenters. The lowest BCUT2D eigenvalue weighted by molar-refractivity contribution is -0.144. The molecule has 0 aliphatic rings. The molecule has 0 aliphatic carbocycles. The summed E-state index contributed by atoms with van der Waals surface area (Å²) in [6.45, 7) is 2.18.